The second-order valence-corrected chi connectivity index (χ2v) is 11.2. The number of carboxylic acids is 1. The molecule has 196 valence electrons. The maximum absolute atomic E-state index is 11.0. The average molecular weight is 525 g/mol. The highest BCUT2D eigenvalue weighted by Gasteiger charge is 2.15. The molecule has 0 N–H and O–H groups in total. The van der Waals surface area contributed by atoms with Crippen molar-refractivity contribution in [3.8, 4) is 11.3 Å². The van der Waals surface area contributed by atoms with Crippen LogP contribution in [-0.4, -0.2) is 25.0 Å². The molecule has 0 bridgehead atoms. The number of carboxylic acid groups (broad SMARTS) is 1. The largest absolute Gasteiger partial charge is 0.545 e. The molecule has 0 radical (unpaired) electrons. The summed E-state index contributed by atoms with van der Waals surface area (Å²) in [6.45, 7) is 1.52. The van der Waals surface area contributed by atoms with Crippen molar-refractivity contribution in [1.29, 1.82) is 0 Å². The van der Waals surface area contributed by atoms with E-state index in [1.807, 2.05) is 19.2 Å². The minimum atomic E-state index is -1.16. The lowest BCUT2D eigenvalue weighted by Gasteiger charge is -2.23. The molecule has 38 heavy (non-hydrogen) atoms. The van der Waals surface area contributed by atoms with Crippen LogP contribution in [0.1, 0.15) is 65.1 Å². The van der Waals surface area contributed by atoms with Crippen molar-refractivity contribution in [3.63, 3.8) is 0 Å². The lowest BCUT2D eigenvalue weighted by molar-refractivity contribution is -0.255. The number of hydrogen-bond acceptors (Lipinski definition) is 6. The summed E-state index contributed by atoms with van der Waals surface area (Å²) in [6, 6.07) is 24.6. The number of aromatic carboxylic acids is 1. The molecular formula is C32H34N3O2S-. The van der Waals surface area contributed by atoms with Gasteiger partial charge in [0, 0.05) is 43.8 Å². The Kier molecular flexibility index (Phi) is 8.08. The predicted molar refractivity (Wildman–Crippen MR) is 155 cm³/mol. The van der Waals surface area contributed by atoms with Gasteiger partial charge in [-0.25, -0.2) is 4.98 Å². The zero-order chi connectivity index (χ0) is 26.5. The first-order valence-corrected chi connectivity index (χ1v) is 14.2. The monoisotopic (exact) mass is 524 g/mol. The highest BCUT2D eigenvalue weighted by molar-refractivity contribution is 7.14. The second kappa shape index (κ2) is 11.8. The average Bonchev–Trinajstić information content (AvgIpc) is 3.45. The molecule has 0 saturated heterocycles. The van der Waals surface area contributed by atoms with Gasteiger partial charge in [0.1, 0.15) is 0 Å². The lowest BCUT2D eigenvalue weighted by atomic mass is 9.84. The maximum atomic E-state index is 11.0. The number of thiazole rings is 1. The number of nitrogens with zero attached hydrogens (tertiary/aromatic N) is 3. The maximum Gasteiger partial charge on any atom is 0.185 e. The van der Waals surface area contributed by atoms with Gasteiger partial charge in [-0.05, 0) is 53.1 Å². The highest BCUT2D eigenvalue weighted by atomic mass is 32.1. The Labute approximate surface area is 229 Å². The number of hydrogen-bond donors (Lipinski definition) is 0. The molecule has 1 aliphatic rings. The summed E-state index contributed by atoms with van der Waals surface area (Å²) in [6.07, 6.45) is 6.80. The molecule has 4 aromatic rings. The summed E-state index contributed by atoms with van der Waals surface area (Å²) in [5.74, 6) is -0.410. The van der Waals surface area contributed by atoms with Crippen LogP contribution in [0.3, 0.4) is 0 Å². The van der Waals surface area contributed by atoms with E-state index in [2.05, 4.69) is 70.8 Å². The van der Waals surface area contributed by atoms with Crippen LogP contribution >= 0.6 is 11.3 Å². The molecule has 0 aliphatic heterocycles. The van der Waals surface area contributed by atoms with Crippen molar-refractivity contribution in [1.82, 2.24) is 4.98 Å². The molecular weight excluding hydrogens is 490 g/mol. The first-order chi connectivity index (χ1) is 18.5. The molecule has 0 amide bonds. The topological polar surface area (TPSA) is 59.5 Å². The molecule has 0 spiro atoms. The van der Waals surface area contributed by atoms with Gasteiger partial charge in [-0.1, -0.05) is 79.9 Å². The fourth-order valence-electron chi connectivity index (χ4n) is 5.24. The van der Waals surface area contributed by atoms with E-state index in [9.17, 15) is 9.90 Å². The third-order valence-corrected chi connectivity index (χ3v) is 8.46. The van der Waals surface area contributed by atoms with Crippen molar-refractivity contribution in [2.75, 3.05) is 23.9 Å². The van der Waals surface area contributed by atoms with Crippen molar-refractivity contribution in [3.05, 3.63) is 100 Å². The molecule has 1 fully saturated rings. The third-order valence-electron chi connectivity index (χ3n) is 7.51. The minimum absolute atomic E-state index is 0.189. The lowest BCUT2D eigenvalue weighted by Crippen LogP contribution is -2.22. The third kappa shape index (κ3) is 6.25. The Hall–Kier alpha value is -3.64. The van der Waals surface area contributed by atoms with E-state index in [1.54, 1.807) is 23.5 Å². The molecule has 3 aromatic carbocycles. The first kappa shape index (κ1) is 26.0. The molecule has 0 unspecified atom stereocenters. The highest BCUT2D eigenvalue weighted by Crippen LogP contribution is 2.33. The fourth-order valence-corrected chi connectivity index (χ4v) is 6.04. The molecule has 6 heteroatoms. The van der Waals surface area contributed by atoms with Crippen LogP contribution in [0.15, 0.2) is 78.2 Å². The van der Waals surface area contributed by atoms with Gasteiger partial charge in [0.05, 0.1) is 11.7 Å². The molecule has 1 aliphatic carbocycles. The number of rotatable bonds is 9. The number of aromatic nitrogens is 1. The summed E-state index contributed by atoms with van der Waals surface area (Å²) in [5.41, 5.74) is 7.27. The minimum Gasteiger partial charge on any atom is -0.545 e. The van der Waals surface area contributed by atoms with Crippen molar-refractivity contribution >= 4 is 28.1 Å². The SMILES string of the molecule is CN(Cc1ccc(C2CCCCC2)cc1)c1ccc(-c2csc(N(C)Cc3ccc(C(=O)[O-])cc3)n2)cc1. The van der Waals surface area contributed by atoms with Gasteiger partial charge in [0.2, 0.25) is 0 Å². The molecule has 1 saturated carbocycles. The summed E-state index contributed by atoms with van der Waals surface area (Å²) >= 11 is 1.60. The van der Waals surface area contributed by atoms with E-state index in [0.29, 0.717) is 6.54 Å². The number of benzene rings is 3. The number of anilines is 2. The van der Waals surface area contributed by atoms with Gasteiger partial charge in [0.15, 0.2) is 5.13 Å². The Morgan fingerprint density at radius 2 is 1.45 bits per heavy atom. The number of carbonyl (C=O) groups is 1. The van der Waals surface area contributed by atoms with Crippen LogP contribution in [0.25, 0.3) is 11.3 Å². The first-order valence-electron chi connectivity index (χ1n) is 13.3. The smallest absolute Gasteiger partial charge is 0.185 e. The fraction of sp³-hybridized carbons (Fsp3) is 0.312. The molecule has 0 atom stereocenters. The van der Waals surface area contributed by atoms with Crippen molar-refractivity contribution < 1.29 is 9.90 Å². The van der Waals surface area contributed by atoms with E-state index in [4.69, 9.17) is 4.98 Å². The Morgan fingerprint density at radius 1 is 0.842 bits per heavy atom. The number of carbonyl (C=O) groups excluding carboxylic acids is 1. The van der Waals surface area contributed by atoms with E-state index < -0.39 is 5.97 Å². The molecule has 5 nitrogen and oxygen atoms in total. The summed E-state index contributed by atoms with van der Waals surface area (Å²) in [7, 11) is 4.13. The summed E-state index contributed by atoms with van der Waals surface area (Å²) in [4.78, 5) is 20.2. The van der Waals surface area contributed by atoms with Crippen LogP contribution in [0.5, 0.6) is 0 Å². The van der Waals surface area contributed by atoms with Gasteiger partial charge in [-0.3, -0.25) is 0 Å². The van der Waals surface area contributed by atoms with Crippen LogP contribution in [0.2, 0.25) is 0 Å². The molecule has 5 rings (SSSR count). The standard InChI is InChI=1S/C32H35N3O2S/c1-34(20-23-8-12-26(13-9-23)25-6-4-3-5-7-25)29-18-16-27(17-19-29)30-22-38-32(33-30)35(2)21-24-10-14-28(15-11-24)31(36)37/h8-19,22,25H,3-7,20-21H2,1-2H3,(H,36,37)/p-1. The quantitative estimate of drug-likeness (QED) is 0.250. The van der Waals surface area contributed by atoms with Crippen molar-refractivity contribution in [2.24, 2.45) is 0 Å². The van der Waals surface area contributed by atoms with Gasteiger partial charge in [-0.15, -0.1) is 11.3 Å². The summed E-state index contributed by atoms with van der Waals surface area (Å²) < 4.78 is 0. The van der Waals surface area contributed by atoms with Gasteiger partial charge in [-0.2, -0.15) is 0 Å². The zero-order valence-electron chi connectivity index (χ0n) is 22.1. The van der Waals surface area contributed by atoms with Gasteiger partial charge < -0.3 is 19.7 Å². The van der Waals surface area contributed by atoms with E-state index in [-0.39, 0.29) is 5.56 Å². The zero-order valence-corrected chi connectivity index (χ0v) is 22.9. The normalized spacial score (nSPS) is 13.8. The van der Waals surface area contributed by atoms with Gasteiger partial charge >= 0.3 is 0 Å². The van der Waals surface area contributed by atoms with Crippen molar-refractivity contribution in [2.45, 2.75) is 51.1 Å². The van der Waals surface area contributed by atoms with Crippen LogP contribution in [-0.2, 0) is 13.1 Å². The van der Waals surface area contributed by atoms with Crippen LogP contribution in [0.4, 0.5) is 10.8 Å². The second-order valence-electron chi connectivity index (χ2n) is 10.3. The van der Waals surface area contributed by atoms with E-state index in [0.717, 1.165) is 34.4 Å². The van der Waals surface area contributed by atoms with E-state index >= 15 is 0 Å². The Morgan fingerprint density at radius 3 is 2.08 bits per heavy atom. The summed E-state index contributed by atoms with van der Waals surface area (Å²) in [5, 5.41) is 14.0. The van der Waals surface area contributed by atoms with Gasteiger partial charge in [0.25, 0.3) is 0 Å². The van der Waals surface area contributed by atoms with E-state index in [1.165, 1.54) is 48.9 Å². The van der Waals surface area contributed by atoms with Crippen LogP contribution < -0.4 is 14.9 Å². The Bertz CT molecular complexity index is 1340. The molecule has 1 heterocycles. The Balaban J connectivity index is 1.18. The molecule has 1 aromatic heterocycles. The predicted octanol–water partition coefficient (Wildman–Crippen LogP) is 6.49. The van der Waals surface area contributed by atoms with Crippen LogP contribution in [0, 0.1) is 0 Å².